The molecule has 1 aliphatic heterocycles. The maximum Gasteiger partial charge on any atom is 0.265 e. The zero-order valence-corrected chi connectivity index (χ0v) is 13.4. The molecule has 6 heteroatoms. The number of anilines is 1. The van der Waals surface area contributed by atoms with Crippen LogP contribution in [0.2, 0.25) is 0 Å². The standard InChI is InChI=1S/C14H24N4OS/c1-4-7-18-8-5-11(6-9-18)17(3)13(19)12-10(2)16-14(15)20-12/h11H,4-9H2,1-3H3,(H2,15,16). The smallest absolute Gasteiger partial charge is 0.265 e. The highest BCUT2D eigenvalue weighted by Crippen LogP contribution is 2.24. The number of carbonyl (C=O) groups is 1. The van der Waals surface area contributed by atoms with Crippen LogP contribution in [0.4, 0.5) is 5.13 Å². The summed E-state index contributed by atoms with van der Waals surface area (Å²) in [6.07, 6.45) is 3.30. The largest absolute Gasteiger partial charge is 0.375 e. The molecule has 0 aromatic carbocycles. The number of thiazole rings is 1. The molecule has 1 fully saturated rings. The molecule has 0 aliphatic carbocycles. The second-order valence-corrected chi connectivity index (χ2v) is 6.49. The monoisotopic (exact) mass is 296 g/mol. The summed E-state index contributed by atoms with van der Waals surface area (Å²) in [5, 5.41) is 0.469. The van der Waals surface area contributed by atoms with Crippen molar-refractivity contribution in [1.29, 1.82) is 0 Å². The van der Waals surface area contributed by atoms with Crippen LogP contribution in [-0.4, -0.2) is 53.4 Å². The second-order valence-electron chi connectivity index (χ2n) is 5.46. The minimum Gasteiger partial charge on any atom is -0.375 e. The summed E-state index contributed by atoms with van der Waals surface area (Å²) in [5.74, 6) is 0.0608. The fourth-order valence-corrected chi connectivity index (χ4v) is 3.60. The van der Waals surface area contributed by atoms with Gasteiger partial charge in [0.25, 0.3) is 5.91 Å². The number of nitrogens with zero attached hydrogens (tertiary/aromatic N) is 3. The number of piperidine rings is 1. The van der Waals surface area contributed by atoms with E-state index >= 15 is 0 Å². The van der Waals surface area contributed by atoms with Gasteiger partial charge in [0.15, 0.2) is 5.13 Å². The zero-order valence-electron chi connectivity index (χ0n) is 12.6. The van der Waals surface area contributed by atoms with Gasteiger partial charge in [-0.1, -0.05) is 18.3 Å². The molecule has 5 nitrogen and oxygen atoms in total. The van der Waals surface area contributed by atoms with Crippen molar-refractivity contribution in [3.63, 3.8) is 0 Å². The second kappa shape index (κ2) is 6.54. The van der Waals surface area contributed by atoms with E-state index in [4.69, 9.17) is 5.73 Å². The maximum absolute atomic E-state index is 12.5. The Balaban J connectivity index is 1.96. The molecule has 112 valence electrons. The summed E-state index contributed by atoms with van der Waals surface area (Å²) in [7, 11) is 1.90. The van der Waals surface area contributed by atoms with Crippen LogP contribution in [0, 0.1) is 6.92 Å². The molecule has 1 amide bonds. The lowest BCUT2D eigenvalue weighted by Gasteiger charge is -2.36. The van der Waals surface area contributed by atoms with Crippen LogP contribution in [0.15, 0.2) is 0 Å². The van der Waals surface area contributed by atoms with Gasteiger partial charge in [-0.2, -0.15) is 0 Å². The first-order chi connectivity index (χ1) is 9.52. The lowest BCUT2D eigenvalue weighted by Crippen LogP contribution is -2.45. The molecule has 0 unspecified atom stereocenters. The number of nitrogen functional groups attached to an aromatic ring is 1. The minimum absolute atomic E-state index is 0.0608. The summed E-state index contributed by atoms with van der Waals surface area (Å²) in [6.45, 7) is 7.38. The molecule has 1 saturated heterocycles. The molecule has 2 heterocycles. The predicted molar refractivity (Wildman–Crippen MR) is 83.1 cm³/mol. The van der Waals surface area contributed by atoms with E-state index in [-0.39, 0.29) is 5.91 Å². The van der Waals surface area contributed by atoms with E-state index in [0.29, 0.717) is 16.1 Å². The average molecular weight is 296 g/mol. The number of rotatable bonds is 4. The molecule has 1 aromatic rings. The maximum atomic E-state index is 12.5. The van der Waals surface area contributed by atoms with Crippen LogP contribution in [0.3, 0.4) is 0 Å². The van der Waals surface area contributed by atoms with Gasteiger partial charge in [-0.05, 0) is 32.7 Å². The highest BCUT2D eigenvalue weighted by Gasteiger charge is 2.27. The van der Waals surface area contributed by atoms with Gasteiger partial charge in [0.1, 0.15) is 4.88 Å². The molecule has 0 bridgehead atoms. The first-order valence-electron chi connectivity index (χ1n) is 7.25. The molecular weight excluding hydrogens is 272 g/mol. The predicted octanol–water partition coefficient (Wildman–Crippen LogP) is 1.98. The first kappa shape index (κ1) is 15.3. The Labute approximate surface area is 124 Å². The molecular formula is C14H24N4OS. The van der Waals surface area contributed by atoms with Gasteiger partial charge in [-0.25, -0.2) is 4.98 Å². The topological polar surface area (TPSA) is 62.5 Å². The van der Waals surface area contributed by atoms with Crippen molar-refractivity contribution in [3.8, 4) is 0 Å². The fourth-order valence-electron chi connectivity index (χ4n) is 2.79. The van der Waals surface area contributed by atoms with E-state index in [0.717, 1.165) is 38.2 Å². The molecule has 1 aromatic heterocycles. The normalized spacial score (nSPS) is 17.4. The Morgan fingerprint density at radius 2 is 2.15 bits per heavy atom. The van der Waals surface area contributed by atoms with Crippen molar-refractivity contribution in [2.45, 2.75) is 39.2 Å². The molecule has 0 spiro atoms. The van der Waals surface area contributed by atoms with Gasteiger partial charge in [-0.15, -0.1) is 0 Å². The summed E-state index contributed by atoms with van der Waals surface area (Å²) in [5.41, 5.74) is 6.42. The Kier molecular flexibility index (Phi) is 4.99. The van der Waals surface area contributed by atoms with E-state index < -0.39 is 0 Å². The van der Waals surface area contributed by atoms with Crippen LogP contribution in [0.5, 0.6) is 0 Å². The lowest BCUT2D eigenvalue weighted by atomic mass is 10.0. The van der Waals surface area contributed by atoms with Crippen LogP contribution in [0.1, 0.15) is 41.6 Å². The van der Waals surface area contributed by atoms with Crippen molar-refractivity contribution >= 4 is 22.4 Å². The Hall–Kier alpha value is -1.14. The Morgan fingerprint density at radius 3 is 2.65 bits per heavy atom. The SMILES string of the molecule is CCCN1CCC(N(C)C(=O)c2sc(N)nc2C)CC1. The van der Waals surface area contributed by atoms with Crippen LogP contribution in [-0.2, 0) is 0 Å². The Bertz CT molecular complexity index is 466. The van der Waals surface area contributed by atoms with Gasteiger partial charge in [0.2, 0.25) is 0 Å². The van der Waals surface area contributed by atoms with Crippen molar-refractivity contribution in [3.05, 3.63) is 10.6 Å². The molecule has 2 N–H and O–H groups in total. The van der Waals surface area contributed by atoms with Gasteiger partial charge in [0.05, 0.1) is 5.69 Å². The number of aromatic nitrogens is 1. The van der Waals surface area contributed by atoms with E-state index in [1.165, 1.54) is 17.8 Å². The third kappa shape index (κ3) is 3.30. The quantitative estimate of drug-likeness (QED) is 0.923. The average Bonchev–Trinajstić information content (AvgIpc) is 2.77. The number of nitrogens with two attached hydrogens (primary N) is 1. The summed E-state index contributed by atoms with van der Waals surface area (Å²) in [4.78, 5) is 21.7. The van der Waals surface area contributed by atoms with Gasteiger partial charge in [-0.3, -0.25) is 4.79 Å². The van der Waals surface area contributed by atoms with Crippen molar-refractivity contribution in [2.24, 2.45) is 0 Å². The third-order valence-electron chi connectivity index (χ3n) is 3.97. The minimum atomic E-state index is 0.0608. The highest BCUT2D eigenvalue weighted by atomic mass is 32.1. The summed E-state index contributed by atoms with van der Waals surface area (Å²) in [6, 6.07) is 0.332. The summed E-state index contributed by atoms with van der Waals surface area (Å²) >= 11 is 1.29. The van der Waals surface area contributed by atoms with Crippen LogP contribution >= 0.6 is 11.3 Å². The van der Waals surface area contributed by atoms with E-state index in [1.54, 1.807) is 0 Å². The highest BCUT2D eigenvalue weighted by molar-refractivity contribution is 7.17. The number of hydrogen-bond acceptors (Lipinski definition) is 5. The first-order valence-corrected chi connectivity index (χ1v) is 8.07. The number of hydrogen-bond donors (Lipinski definition) is 1. The fraction of sp³-hybridized carbons (Fsp3) is 0.714. The molecule has 0 radical (unpaired) electrons. The van der Waals surface area contributed by atoms with Crippen molar-refractivity contribution in [2.75, 3.05) is 32.4 Å². The summed E-state index contributed by atoms with van der Waals surface area (Å²) < 4.78 is 0. The molecule has 2 rings (SSSR count). The van der Waals surface area contributed by atoms with E-state index in [2.05, 4.69) is 16.8 Å². The molecule has 0 saturated carbocycles. The lowest BCUT2D eigenvalue weighted by molar-refractivity contribution is 0.0646. The van der Waals surface area contributed by atoms with E-state index in [9.17, 15) is 4.79 Å². The van der Waals surface area contributed by atoms with Gasteiger partial charge < -0.3 is 15.5 Å². The van der Waals surface area contributed by atoms with Crippen LogP contribution < -0.4 is 5.73 Å². The van der Waals surface area contributed by atoms with Gasteiger partial charge >= 0.3 is 0 Å². The zero-order chi connectivity index (χ0) is 14.7. The molecule has 20 heavy (non-hydrogen) atoms. The molecule has 0 atom stereocenters. The van der Waals surface area contributed by atoms with Gasteiger partial charge in [0, 0.05) is 26.2 Å². The number of amides is 1. The van der Waals surface area contributed by atoms with E-state index in [1.807, 2.05) is 18.9 Å². The number of likely N-dealkylation sites (tertiary alicyclic amines) is 1. The third-order valence-corrected chi connectivity index (χ3v) is 4.95. The van der Waals surface area contributed by atoms with Crippen molar-refractivity contribution < 1.29 is 4.79 Å². The number of aryl methyl sites for hydroxylation is 1. The van der Waals surface area contributed by atoms with Crippen molar-refractivity contribution in [1.82, 2.24) is 14.8 Å². The van der Waals surface area contributed by atoms with Crippen LogP contribution in [0.25, 0.3) is 0 Å². The Morgan fingerprint density at radius 1 is 1.50 bits per heavy atom. The molecule has 1 aliphatic rings. The number of carbonyl (C=O) groups excluding carboxylic acids is 1.